The third-order valence-electron chi connectivity index (χ3n) is 2.37. The molecule has 0 fully saturated rings. The molecule has 0 aliphatic rings. The molecule has 2 aromatic heterocycles. The van der Waals surface area contributed by atoms with Gasteiger partial charge in [-0.2, -0.15) is 0 Å². The Morgan fingerprint density at radius 2 is 2.11 bits per heavy atom. The molecule has 0 saturated carbocycles. The van der Waals surface area contributed by atoms with E-state index in [9.17, 15) is 9.59 Å². The smallest absolute Gasteiger partial charge is 0.352 e. The van der Waals surface area contributed by atoms with E-state index in [0.717, 1.165) is 4.57 Å². The molecule has 7 heteroatoms. The standard InChI is InChI=1S/C11H11N3O4/c1-2-8-12-13-9(18-8)6-14-7(11(16)17)4-3-5-10(14)15/h3-5H,2,6H2,1H3,(H,16,17). The fraction of sp³-hybridized carbons (Fsp3) is 0.273. The van der Waals surface area contributed by atoms with Gasteiger partial charge in [0.25, 0.3) is 5.56 Å². The summed E-state index contributed by atoms with van der Waals surface area (Å²) in [7, 11) is 0. The quantitative estimate of drug-likeness (QED) is 0.849. The van der Waals surface area contributed by atoms with Crippen LogP contribution in [0, 0.1) is 0 Å². The predicted octanol–water partition coefficient (Wildman–Crippen LogP) is 0.540. The van der Waals surface area contributed by atoms with E-state index < -0.39 is 11.5 Å². The van der Waals surface area contributed by atoms with Gasteiger partial charge in [0.1, 0.15) is 12.2 Å². The van der Waals surface area contributed by atoms with Gasteiger partial charge in [-0.05, 0) is 6.07 Å². The van der Waals surface area contributed by atoms with Crippen molar-refractivity contribution in [2.24, 2.45) is 0 Å². The minimum Gasteiger partial charge on any atom is -0.477 e. The van der Waals surface area contributed by atoms with E-state index in [-0.39, 0.29) is 18.1 Å². The molecule has 7 nitrogen and oxygen atoms in total. The van der Waals surface area contributed by atoms with Gasteiger partial charge < -0.3 is 9.52 Å². The maximum Gasteiger partial charge on any atom is 0.352 e. The van der Waals surface area contributed by atoms with Gasteiger partial charge in [0.15, 0.2) is 0 Å². The third kappa shape index (κ3) is 2.29. The Balaban J connectivity index is 2.39. The summed E-state index contributed by atoms with van der Waals surface area (Å²) in [6, 6.07) is 4.03. The summed E-state index contributed by atoms with van der Waals surface area (Å²) < 4.78 is 6.33. The highest BCUT2D eigenvalue weighted by atomic mass is 16.4. The van der Waals surface area contributed by atoms with Crippen molar-refractivity contribution in [1.82, 2.24) is 14.8 Å². The van der Waals surface area contributed by atoms with Crippen LogP contribution >= 0.6 is 0 Å². The maximum absolute atomic E-state index is 11.6. The number of hydrogen-bond donors (Lipinski definition) is 1. The van der Waals surface area contributed by atoms with Crippen LogP contribution in [0.2, 0.25) is 0 Å². The lowest BCUT2D eigenvalue weighted by Gasteiger charge is -2.05. The van der Waals surface area contributed by atoms with Crippen molar-refractivity contribution in [2.45, 2.75) is 19.9 Å². The first-order valence-corrected chi connectivity index (χ1v) is 5.36. The Morgan fingerprint density at radius 1 is 1.39 bits per heavy atom. The number of carboxylic acids is 1. The monoisotopic (exact) mass is 249 g/mol. The number of carboxylic acid groups (broad SMARTS) is 1. The van der Waals surface area contributed by atoms with E-state index in [0.29, 0.717) is 12.3 Å². The van der Waals surface area contributed by atoms with Crippen LogP contribution in [0.5, 0.6) is 0 Å². The van der Waals surface area contributed by atoms with E-state index in [1.165, 1.54) is 18.2 Å². The number of aromatic nitrogens is 3. The zero-order valence-electron chi connectivity index (χ0n) is 9.66. The number of carbonyl (C=O) groups is 1. The summed E-state index contributed by atoms with van der Waals surface area (Å²) in [6.07, 6.45) is 0.586. The number of pyridine rings is 1. The van der Waals surface area contributed by atoms with Gasteiger partial charge in [-0.25, -0.2) is 4.79 Å². The van der Waals surface area contributed by atoms with Crippen LogP contribution in [0.15, 0.2) is 27.4 Å². The van der Waals surface area contributed by atoms with Crippen molar-refractivity contribution in [1.29, 1.82) is 0 Å². The van der Waals surface area contributed by atoms with Crippen molar-refractivity contribution in [3.63, 3.8) is 0 Å². The Kier molecular flexibility index (Phi) is 3.22. The Hall–Kier alpha value is -2.44. The first kappa shape index (κ1) is 12.0. The first-order chi connectivity index (χ1) is 8.61. The van der Waals surface area contributed by atoms with Gasteiger partial charge >= 0.3 is 5.97 Å². The number of aromatic carboxylic acids is 1. The van der Waals surface area contributed by atoms with Gasteiger partial charge in [0, 0.05) is 12.5 Å². The molecule has 0 amide bonds. The SMILES string of the molecule is CCc1nnc(Cn2c(C(=O)O)cccc2=O)o1. The fourth-order valence-electron chi connectivity index (χ4n) is 1.50. The van der Waals surface area contributed by atoms with E-state index in [2.05, 4.69) is 10.2 Å². The molecule has 0 atom stereocenters. The van der Waals surface area contributed by atoms with Gasteiger partial charge in [0.05, 0.1) is 0 Å². The molecule has 2 heterocycles. The number of nitrogens with zero attached hydrogens (tertiary/aromatic N) is 3. The Bertz CT molecular complexity index is 629. The average molecular weight is 249 g/mol. The van der Waals surface area contributed by atoms with Crippen LogP contribution < -0.4 is 5.56 Å². The molecule has 18 heavy (non-hydrogen) atoms. The lowest BCUT2D eigenvalue weighted by molar-refractivity contribution is 0.0683. The summed E-state index contributed by atoms with van der Waals surface area (Å²) in [5.41, 5.74) is -0.537. The summed E-state index contributed by atoms with van der Waals surface area (Å²) in [5.74, 6) is -0.517. The van der Waals surface area contributed by atoms with E-state index >= 15 is 0 Å². The highest BCUT2D eigenvalue weighted by Crippen LogP contribution is 2.04. The van der Waals surface area contributed by atoms with Crippen molar-refractivity contribution in [2.75, 3.05) is 0 Å². The van der Waals surface area contributed by atoms with Crippen molar-refractivity contribution >= 4 is 5.97 Å². The molecule has 0 aliphatic carbocycles. The molecule has 0 saturated heterocycles. The third-order valence-corrected chi connectivity index (χ3v) is 2.37. The molecule has 0 aromatic carbocycles. The Morgan fingerprint density at radius 3 is 2.72 bits per heavy atom. The van der Waals surface area contributed by atoms with Crippen LogP contribution in [-0.2, 0) is 13.0 Å². The fourth-order valence-corrected chi connectivity index (χ4v) is 1.50. The highest BCUT2D eigenvalue weighted by molar-refractivity contribution is 5.85. The molecule has 0 spiro atoms. The topological polar surface area (TPSA) is 98.2 Å². The Labute approximate surface area is 102 Å². The maximum atomic E-state index is 11.6. The summed E-state index contributed by atoms with van der Waals surface area (Å²) in [4.78, 5) is 22.6. The van der Waals surface area contributed by atoms with Crippen molar-refractivity contribution in [3.8, 4) is 0 Å². The van der Waals surface area contributed by atoms with Crippen LogP contribution in [0.1, 0.15) is 29.2 Å². The summed E-state index contributed by atoms with van der Waals surface area (Å²) in [6.45, 7) is 1.81. The zero-order chi connectivity index (χ0) is 13.1. The largest absolute Gasteiger partial charge is 0.477 e. The molecule has 0 aliphatic heterocycles. The summed E-state index contributed by atoms with van der Waals surface area (Å²) >= 11 is 0. The number of rotatable bonds is 4. The second kappa shape index (κ2) is 4.82. The minimum absolute atomic E-state index is 0.0473. The zero-order valence-corrected chi connectivity index (χ0v) is 9.66. The molecular weight excluding hydrogens is 238 g/mol. The molecule has 0 radical (unpaired) electrons. The van der Waals surface area contributed by atoms with E-state index in [1.807, 2.05) is 6.92 Å². The molecule has 94 valence electrons. The van der Waals surface area contributed by atoms with Crippen molar-refractivity contribution in [3.05, 3.63) is 46.0 Å². The molecule has 1 N–H and O–H groups in total. The van der Waals surface area contributed by atoms with Gasteiger partial charge in [-0.1, -0.05) is 13.0 Å². The van der Waals surface area contributed by atoms with Crippen molar-refractivity contribution < 1.29 is 14.3 Å². The second-order valence-electron chi connectivity index (χ2n) is 3.58. The average Bonchev–Trinajstić information content (AvgIpc) is 2.79. The molecular formula is C11H11N3O4. The molecule has 0 unspecified atom stereocenters. The van der Waals surface area contributed by atoms with Crippen LogP contribution in [0.4, 0.5) is 0 Å². The van der Waals surface area contributed by atoms with E-state index in [1.54, 1.807) is 0 Å². The molecule has 2 aromatic rings. The minimum atomic E-state index is -1.18. The van der Waals surface area contributed by atoms with Crippen LogP contribution in [0.3, 0.4) is 0 Å². The normalized spacial score (nSPS) is 10.5. The number of aryl methyl sites for hydroxylation is 1. The lowest BCUT2D eigenvalue weighted by Crippen LogP contribution is -2.25. The lowest BCUT2D eigenvalue weighted by atomic mass is 10.3. The van der Waals surface area contributed by atoms with Gasteiger partial charge in [-0.15, -0.1) is 10.2 Å². The van der Waals surface area contributed by atoms with Gasteiger partial charge in [0.2, 0.25) is 11.8 Å². The highest BCUT2D eigenvalue weighted by Gasteiger charge is 2.13. The van der Waals surface area contributed by atoms with E-state index in [4.69, 9.17) is 9.52 Å². The van der Waals surface area contributed by atoms with Crippen LogP contribution in [0.25, 0.3) is 0 Å². The van der Waals surface area contributed by atoms with Gasteiger partial charge in [-0.3, -0.25) is 9.36 Å². The number of hydrogen-bond acceptors (Lipinski definition) is 5. The molecule has 2 rings (SSSR count). The van der Waals surface area contributed by atoms with Crippen LogP contribution in [-0.4, -0.2) is 25.8 Å². The second-order valence-corrected chi connectivity index (χ2v) is 3.58. The summed E-state index contributed by atoms with van der Waals surface area (Å²) in [5, 5.41) is 16.5. The first-order valence-electron chi connectivity index (χ1n) is 5.36. The predicted molar refractivity (Wildman–Crippen MR) is 60.4 cm³/mol. The molecule has 0 bridgehead atoms.